The fourth-order valence-electron chi connectivity index (χ4n) is 5.04. The van der Waals surface area contributed by atoms with Gasteiger partial charge in [-0.3, -0.25) is 9.59 Å². The van der Waals surface area contributed by atoms with Gasteiger partial charge in [-0.1, -0.05) is 74.5 Å². The van der Waals surface area contributed by atoms with Crippen LogP contribution in [0.1, 0.15) is 54.6 Å². The van der Waals surface area contributed by atoms with Crippen LogP contribution < -0.4 is 15.5 Å². The first-order valence-corrected chi connectivity index (χ1v) is 13.5. The molecule has 3 aromatic carbocycles. The number of piperidine rings is 1. The molecule has 2 N–H and O–H groups in total. The molecule has 1 heterocycles. The van der Waals surface area contributed by atoms with Crippen molar-refractivity contribution in [2.24, 2.45) is 11.8 Å². The van der Waals surface area contributed by atoms with Gasteiger partial charge in [-0.05, 0) is 66.8 Å². The predicted molar refractivity (Wildman–Crippen MR) is 152 cm³/mol. The molecular weight excluding hydrogens is 458 g/mol. The van der Waals surface area contributed by atoms with E-state index in [1.54, 1.807) is 0 Å². The van der Waals surface area contributed by atoms with Crippen molar-refractivity contribution in [2.75, 3.05) is 29.9 Å². The predicted octanol–water partition coefficient (Wildman–Crippen LogP) is 6.10. The Balaban J connectivity index is 1.45. The molecule has 1 aliphatic rings. The molecule has 0 bridgehead atoms. The third kappa shape index (κ3) is 7.94. The monoisotopic (exact) mass is 497 g/mol. The summed E-state index contributed by atoms with van der Waals surface area (Å²) in [6, 6.07) is 26.6. The van der Waals surface area contributed by atoms with Gasteiger partial charge in [0.25, 0.3) is 5.91 Å². The Labute approximate surface area is 221 Å². The summed E-state index contributed by atoms with van der Waals surface area (Å²) in [7, 11) is 0. The van der Waals surface area contributed by atoms with E-state index in [1.165, 1.54) is 11.1 Å². The van der Waals surface area contributed by atoms with Crippen molar-refractivity contribution in [1.29, 1.82) is 0 Å². The lowest BCUT2D eigenvalue weighted by Gasteiger charge is -2.35. The zero-order valence-electron chi connectivity index (χ0n) is 22.1. The van der Waals surface area contributed by atoms with E-state index in [0.29, 0.717) is 30.1 Å². The molecular formula is C32H39N3O2. The number of carbonyl (C=O) groups excluding carboxylic acids is 2. The number of rotatable bonds is 10. The zero-order valence-corrected chi connectivity index (χ0v) is 22.1. The van der Waals surface area contributed by atoms with Crippen LogP contribution in [0.25, 0.3) is 0 Å². The van der Waals surface area contributed by atoms with Crippen molar-refractivity contribution in [1.82, 2.24) is 5.32 Å². The normalized spacial score (nSPS) is 14.0. The molecule has 0 saturated carbocycles. The van der Waals surface area contributed by atoms with E-state index >= 15 is 0 Å². The van der Waals surface area contributed by atoms with Gasteiger partial charge in [0, 0.05) is 37.4 Å². The third-order valence-corrected chi connectivity index (χ3v) is 6.98. The SMILES string of the molecule is CC(C)CC(=O)Nc1ccc(N2CCC(Cc3ccccc3)CC2)c(C(=O)NCCc2ccccc2)c1. The van der Waals surface area contributed by atoms with Gasteiger partial charge in [-0.2, -0.15) is 0 Å². The van der Waals surface area contributed by atoms with Gasteiger partial charge in [0.1, 0.15) is 0 Å². The fourth-order valence-corrected chi connectivity index (χ4v) is 5.04. The van der Waals surface area contributed by atoms with Gasteiger partial charge in [-0.15, -0.1) is 0 Å². The maximum absolute atomic E-state index is 13.4. The minimum absolute atomic E-state index is 0.0279. The maximum atomic E-state index is 13.4. The van der Waals surface area contributed by atoms with Gasteiger partial charge in [-0.25, -0.2) is 0 Å². The summed E-state index contributed by atoms with van der Waals surface area (Å²) in [6.45, 7) is 6.44. The summed E-state index contributed by atoms with van der Waals surface area (Å²) < 4.78 is 0. The minimum atomic E-state index is -0.0997. The quantitative estimate of drug-likeness (QED) is 0.356. The molecule has 37 heavy (non-hydrogen) atoms. The molecule has 5 heteroatoms. The fraction of sp³-hybridized carbons (Fsp3) is 0.375. The first-order chi connectivity index (χ1) is 18.0. The second kappa shape index (κ2) is 13.1. The molecule has 1 saturated heterocycles. The highest BCUT2D eigenvalue weighted by molar-refractivity contribution is 6.02. The molecule has 1 fully saturated rings. The molecule has 194 valence electrons. The van der Waals surface area contributed by atoms with Crippen molar-refractivity contribution < 1.29 is 9.59 Å². The largest absolute Gasteiger partial charge is 0.371 e. The number of nitrogens with one attached hydrogen (secondary N) is 2. The second-order valence-corrected chi connectivity index (χ2v) is 10.5. The Morgan fingerprint density at radius 2 is 1.54 bits per heavy atom. The molecule has 0 radical (unpaired) electrons. The number of benzene rings is 3. The first-order valence-electron chi connectivity index (χ1n) is 13.5. The molecule has 3 aromatic rings. The molecule has 0 atom stereocenters. The Morgan fingerprint density at radius 3 is 2.19 bits per heavy atom. The molecule has 2 amide bonds. The Bertz CT molecular complexity index is 1150. The highest BCUT2D eigenvalue weighted by Crippen LogP contribution is 2.30. The van der Waals surface area contributed by atoms with Crippen LogP contribution in [0.5, 0.6) is 0 Å². The molecule has 0 aromatic heterocycles. The van der Waals surface area contributed by atoms with Crippen molar-refractivity contribution in [2.45, 2.75) is 46.0 Å². The van der Waals surface area contributed by atoms with Crippen LogP contribution >= 0.6 is 0 Å². The molecule has 0 spiro atoms. The smallest absolute Gasteiger partial charge is 0.253 e. The van der Waals surface area contributed by atoms with E-state index in [4.69, 9.17) is 0 Å². The van der Waals surface area contributed by atoms with E-state index in [-0.39, 0.29) is 17.7 Å². The lowest BCUT2D eigenvalue weighted by atomic mass is 9.89. The van der Waals surface area contributed by atoms with E-state index in [2.05, 4.69) is 58.0 Å². The lowest BCUT2D eigenvalue weighted by Crippen LogP contribution is -2.36. The van der Waals surface area contributed by atoms with Crippen LogP contribution in [-0.2, 0) is 17.6 Å². The van der Waals surface area contributed by atoms with Gasteiger partial charge in [0.05, 0.1) is 5.56 Å². The third-order valence-electron chi connectivity index (χ3n) is 6.98. The molecule has 4 rings (SSSR count). The summed E-state index contributed by atoms with van der Waals surface area (Å²) >= 11 is 0. The topological polar surface area (TPSA) is 61.4 Å². The van der Waals surface area contributed by atoms with Crippen LogP contribution in [0.2, 0.25) is 0 Å². The van der Waals surface area contributed by atoms with Gasteiger partial charge >= 0.3 is 0 Å². The summed E-state index contributed by atoms with van der Waals surface area (Å²) in [5.74, 6) is 0.797. The number of carbonyl (C=O) groups is 2. The zero-order chi connectivity index (χ0) is 26.0. The molecule has 1 aliphatic heterocycles. The van der Waals surface area contributed by atoms with Crippen LogP contribution in [-0.4, -0.2) is 31.4 Å². The van der Waals surface area contributed by atoms with Crippen LogP contribution in [0.4, 0.5) is 11.4 Å². The Hall–Kier alpha value is -3.60. The van der Waals surface area contributed by atoms with Gasteiger partial charge < -0.3 is 15.5 Å². The number of hydrogen-bond acceptors (Lipinski definition) is 3. The number of hydrogen-bond donors (Lipinski definition) is 2. The number of amides is 2. The summed E-state index contributed by atoms with van der Waals surface area (Å²) in [4.78, 5) is 28.1. The maximum Gasteiger partial charge on any atom is 0.253 e. The van der Waals surface area contributed by atoms with Gasteiger partial charge in [0.2, 0.25) is 5.91 Å². The Kier molecular flexibility index (Phi) is 9.36. The lowest BCUT2D eigenvalue weighted by molar-refractivity contribution is -0.116. The van der Waals surface area contributed by atoms with Crippen molar-refractivity contribution in [3.05, 3.63) is 95.6 Å². The highest BCUT2D eigenvalue weighted by atomic mass is 16.2. The summed E-state index contributed by atoms with van der Waals surface area (Å²) in [5.41, 5.74) is 4.81. The standard InChI is InChI=1S/C32H39N3O2/c1-24(2)21-31(36)34-28-13-14-30(29(23-28)32(37)33-18-15-25-9-5-3-6-10-25)35-19-16-27(17-20-35)22-26-11-7-4-8-12-26/h3-14,23-24,27H,15-22H2,1-2H3,(H,33,37)(H,34,36). The molecule has 5 nitrogen and oxygen atoms in total. The van der Waals surface area contributed by atoms with Crippen molar-refractivity contribution in [3.63, 3.8) is 0 Å². The number of anilines is 2. The summed E-state index contributed by atoms with van der Waals surface area (Å²) in [6.07, 6.45) is 4.52. The average Bonchev–Trinajstić information content (AvgIpc) is 2.90. The number of nitrogens with zero attached hydrogens (tertiary/aromatic N) is 1. The first kappa shape index (κ1) is 26.5. The van der Waals surface area contributed by atoms with Gasteiger partial charge in [0.15, 0.2) is 0 Å². The second-order valence-electron chi connectivity index (χ2n) is 10.5. The molecule has 0 aliphatic carbocycles. The van der Waals surface area contributed by atoms with E-state index in [9.17, 15) is 9.59 Å². The van der Waals surface area contributed by atoms with E-state index in [0.717, 1.165) is 44.5 Å². The van der Waals surface area contributed by atoms with E-state index < -0.39 is 0 Å². The highest BCUT2D eigenvalue weighted by Gasteiger charge is 2.24. The van der Waals surface area contributed by atoms with Crippen molar-refractivity contribution >= 4 is 23.2 Å². The van der Waals surface area contributed by atoms with Crippen molar-refractivity contribution in [3.8, 4) is 0 Å². The molecule has 0 unspecified atom stereocenters. The van der Waals surface area contributed by atoms with Crippen LogP contribution in [0.3, 0.4) is 0 Å². The summed E-state index contributed by atoms with van der Waals surface area (Å²) in [5, 5.41) is 6.08. The minimum Gasteiger partial charge on any atom is -0.371 e. The van der Waals surface area contributed by atoms with Crippen LogP contribution in [0.15, 0.2) is 78.9 Å². The average molecular weight is 498 g/mol. The van der Waals surface area contributed by atoms with Crippen LogP contribution in [0, 0.1) is 11.8 Å². The Morgan fingerprint density at radius 1 is 0.892 bits per heavy atom. The van der Waals surface area contributed by atoms with E-state index in [1.807, 2.05) is 50.2 Å².